The number of ketones is 1. The number of hydrogen-bond donors (Lipinski definition) is 3. The lowest BCUT2D eigenvalue weighted by atomic mass is 9.85. The summed E-state index contributed by atoms with van der Waals surface area (Å²) in [6, 6.07) is 6.22. The van der Waals surface area contributed by atoms with Gasteiger partial charge >= 0.3 is 6.09 Å². The molecule has 2 aliphatic rings. The van der Waals surface area contributed by atoms with Gasteiger partial charge in [-0.3, -0.25) is 9.78 Å². The minimum atomic E-state index is -0.961. The first-order chi connectivity index (χ1) is 13.5. The molecule has 148 valence electrons. The molecule has 0 radical (unpaired) electrons. The zero-order valence-electron chi connectivity index (χ0n) is 15.6. The number of nitrogens with zero attached hydrogens (tertiary/aromatic N) is 1. The van der Waals surface area contributed by atoms with E-state index < -0.39 is 6.09 Å². The lowest BCUT2D eigenvalue weighted by Crippen LogP contribution is -2.33. The Bertz CT molecular complexity index is 905. The molecule has 1 heterocycles. The molecule has 2 aromatic rings. The third kappa shape index (κ3) is 4.29. The predicted molar refractivity (Wildman–Crippen MR) is 112 cm³/mol. The first-order valence-electron chi connectivity index (χ1n) is 9.87. The van der Waals surface area contributed by atoms with Crippen LogP contribution in [-0.4, -0.2) is 34.6 Å². The fourth-order valence-corrected chi connectivity index (χ4v) is 4.38. The molecule has 0 bridgehead atoms. The van der Waals surface area contributed by atoms with Crippen molar-refractivity contribution in [2.24, 2.45) is 11.8 Å². The Morgan fingerprint density at radius 1 is 1.14 bits per heavy atom. The number of aromatic nitrogens is 1. The van der Waals surface area contributed by atoms with Gasteiger partial charge in [-0.25, -0.2) is 4.79 Å². The number of nitrogens with one attached hydrogen (secondary N) is 2. The second-order valence-corrected chi connectivity index (χ2v) is 8.81. The van der Waals surface area contributed by atoms with Gasteiger partial charge in [-0.15, -0.1) is 0 Å². The monoisotopic (exact) mass is 445 g/mol. The Labute approximate surface area is 172 Å². The SMILES string of the molecule is O=C(O)NCC1CCC(Nc2c(C(=O)C3CC3)cnc3ccc(Br)cc23)CC1. The maximum Gasteiger partial charge on any atom is 0.404 e. The largest absolute Gasteiger partial charge is 0.465 e. The van der Waals surface area contributed by atoms with Crippen molar-refractivity contribution in [3.63, 3.8) is 0 Å². The van der Waals surface area contributed by atoms with E-state index in [1.807, 2.05) is 18.2 Å². The van der Waals surface area contributed by atoms with E-state index in [4.69, 9.17) is 5.11 Å². The van der Waals surface area contributed by atoms with Crippen molar-refractivity contribution in [1.29, 1.82) is 0 Å². The van der Waals surface area contributed by atoms with E-state index in [0.717, 1.165) is 59.6 Å². The lowest BCUT2D eigenvalue weighted by Gasteiger charge is -2.30. The van der Waals surface area contributed by atoms with Gasteiger partial charge in [-0.05, 0) is 62.6 Å². The first-order valence-corrected chi connectivity index (χ1v) is 10.7. The van der Waals surface area contributed by atoms with Gasteiger partial charge in [0.2, 0.25) is 0 Å². The van der Waals surface area contributed by atoms with Crippen LogP contribution in [0.4, 0.5) is 10.5 Å². The van der Waals surface area contributed by atoms with Crippen LogP contribution in [0.1, 0.15) is 48.9 Å². The number of carboxylic acid groups (broad SMARTS) is 1. The number of hydrogen-bond acceptors (Lipinski definition) is 4. The summed E-state index contributed by atoms with van der Waals surface area (Å²) in [7, 11) is 0. The number of carbonyl (C=O) groups is 2. The van der Waals surface area contributed by atoms with Crippen LogP contribution in [0.5, 0.6) is 0 Å². The van der Waals surface area contributed by atoms with Crippen LogP contribution in [0.25, 0.3) is 10.9 Å². The van der Waals surface area contributed by atoms with Crippen LogP contribution in [-0.2, 0) is 0 Å². The molecule has 0 saturated heterocycles. The fourth-order valence-electron chi connectivity index (χ4n) is 4.02. The highest BCUT2D eigenvalue weighted by Crippen LogP contribution is 2.38. The molecule has 0 spiro atoms. The summed E-state index contributed by atoms with van der Waals surface area (Å²) in [4.78, 5) is 28.1. The molecule has 2 aliphatic carbocycles. The average molecular weight is 446 g/mol. The normalized spacial score (nSPS) is 22.0. The molecule has 7 heteroatoms. The molecule has 0 unspecified atom stereocenters. The number of fused-ring (bicyclic) bond motifs is 1. The van der Waals surface area contributed by atoms with Crippen molar-refractivity contribution >= 4 is 44.4 Å². The standard InChI is InChI=1S/C21H24BrN3O3/c22-14-5-8-18-16(9-14)19(17(11-23-18)20(26)13-3-4-13)25-15-6-1-12(2-7-15)10-24-21(27)28/h5,8-9,11-13,15,24H,1-4,6-7,10H2,(H,23,25)(H,27,28). The van der Waals surface area contributed by atoms with E-state index in [-0.39, 0.29) is 17.7 Å². The molecule has 3 N–H and O–H groups in total. The number of halogens is 1. The average Bonchev–Trinajstić information content (AvgIpc) is 3.52. The number of amides is 1. The highest BCUT2D eigenvalue weighted by atomic mass is 79.9. The third-order valence-electron chi connectivity index (χ3n) is 5.78. The van der Waals surface area contributed by atoms with Gasteiger partial charge in [0.05, 0.1) is 16.8 Å². The lowest BCUT2D eigenvalue weighted by molar-refractivity contribution is 0.0968. The summed E-state index contributed by atoms with van der Waals surface area (Å²) in [5.41, 5.74) is 2.47. The van der Waals surface area contributed by atoms with Crippen molar-refractivity contribution in [1.82, 2.24) is 10.3 Å². The molecule has 1 aromatic carbocycles. The highest BCUT2D eigenvalue weighted by Gasteiger charge is 2.33. The predicted octanol–water partition coefficient (Wildman–Crippen LogP) is 4.83. The molecule has 0 aliphatic heterocycles. The molecule has 1 aromatic heterocycles. The number of pyridine rings is 1. The van der Waals surface area contributed by atoms with Gasteiger partial charge in [0, 0.05) is 34.6 Å². The smallest absolute Gasteiger partial charge is 0.404 e. The van der Waals surface area contributed by atoms with Crippen molar-refractivity contribution in [2.75, 3.05) is 11.9 Å². The van der Waals surface area contributed by atoms with Crippen LogP contribution in [0.15, 0.2) is 28.9 Å². The minimum absolute atomic E-state index is 0.143. The van der Waals surface area contributed by atoms with Gasteiger partial charge in [-0.1, -0.05) is 15.9 Å². The van der Waals surface area contributed by atoms with Gasteiger partial charge in [0.15, 0.2) is 5.78 Å². The first kappa shape index (κ1) is 19.2. The summed E-state index contributed by atoms with van der Waals surface area (Å²) in [5.74, 6) is 0.714. The highest BCUT2D eigenvalue weighted by molar-refractivity contribution is 9.10. The van der Waals surface area contributed by atoms with Crippen molar-refractivity contribution in [3.8, 4) is 0 Å². The third-order valence-corrected chi connectivity index (χ3v) is 6.27. The number of anilines is 1. The molecule has 28 heavy (non-hydrogen) atoms. The van der Waals surface area contributed by atoms with E-state index in [2.05, 4.69) is 31.5 Å². The quantitative estimate of drug-likeness (QED) is 0.553. The van der Waals surface area contributed by atoms with E-state index in [9.17, 15) is 9.59 Å². The van der Waals surface area contributed by atoms with Crippen LogP contribution in [0.3, 0.4) is 0 Å². The number of rotatable bonds is 6. The zero-order chi connectivity index (χ0) is 19.7. The van der Waals surface area contributed by atoms with Crippen molar-refractivity contribution in [2.45, 2.75) is 44.6 Å². The molecular formula is C21H24BrN3O3. The summed E-state index contributed by atoms with van der Waals surface area (Å²) in [5, 5.41) is 15.9. The Morgan fingerprint density at radius 3 is 2.57 bits per heavy atom. The van der Waals surface area contributed by atoms with Crippen LogP contribution >= 0.6 is 15.9 Å². The Kier molecular flexibility index (Phi) is 5.53. The number of carbonyl (C=O) groups excluding carboxylic acids is 1. The summed E-state index contributed by atoms with van der Waals surface area (Å²) in [6.45, 7) is 0.513. The molecule has 4 rings (SSSR count). The Hall–Kier alpha value is -2.15. The second-order valence-electron chi connectivity index (χ2n) is 7.89. The molecule has 6 nitrogen and oxygen atoms in total. The summed E-state index contributed by atoms with van der Waals surface area (Å²) < 4.78 is 0.962. The number of Topliss-reactive ketones (excluding diaryl/α,β-unsaturated/α-hetero) is 1. The molecule has 2 saturated carbocycles. The van der Waals surface area contributed by atoms with Crippen LogP contribution in [0, 0.1) is 11.8 Å². The topological polar surface area (TPSA) is 91.3 Å². The zero-order valence-corrected chi connectivity index (χ0v) is 17.2. The molecular weight excluding hydrogens is 422 g/mol. The second kappa shape index (κ2) is 8.07. The fraction of sp³-hybridized carbons (Fsp3) is 0.476. The number of benzene rings is 1. The summed E-state index contributed by atoms with van der Waals surface area (Å²) >= 11 is 3.54. The van der Waals surface area contributed by atoms with E-state index in [1.54, 1.807) is 6.20 Å². The van der Waals surface area contributed by atoms with Gasteiger partial charge in [0.1, 0.15) is 0 Å². The summed E-state index contributed by atoms with van der Waals surface area (Å²) in [6.07, 6.45) is 6.56. The maximum absolute atomic E-state index is 12.8. The van der Waals surface area contributed by atoms with Crippen LogP contribution < -0.4 is 10.6 Å². The van der Waals surface area contributed by atoms with Crippen LogP contribution in [0.2, 0.25) is 0 Å². The van der Waals surface area contributed by atoms with Gasteiger partial charge < -0.3 is 15.7 Å². The molecule has 0 atom stereocenters. The maximum atomic E-state index is 12.8. The van der Waals surface area contributed by atoms with E-state index >= 15 is 0 Å². The minimum Gasteiger partial charge on any atom is -0.465 e. The van der Waals surface area contributed by atoms with Crippen molar-refractivity contribution in [3.05, 3.63) is 34.4 Å². The Morgan fingerprint density at radius 2 is 1.89 bits per heavy atom. The molecule has 2 fully saturated rings. The van der Waals surface area contributed by atoms with Gasteiger partial charge in [0.25, 0.3) is 0 Å². The van der Waals surface area contributed by atoms with E-state index in [1.165, 1.54) is 0 Å². The van der Waals surface area contributed by atoms with Crippen molar-refractivity contribution < 1.29 is 14.7 Å². The molecule has 1 amide bonds. The Balaban J connectivity index is 1.55. The van der Waals surface area contributed by atoms with Gasteiger partial charge in [-0.2, -0.15) is 0 Å². The van der Waals surface area contributed by atoms with E-state index in [0.29, 0.717) is 18.0 Å².